The summed E-state index contributed by atoms with van der Waals surface area (Å²) >= 11 is 10.7. The summed E-state index contributed by atoms with van der Waals surface area (Å²) in [4.78, 5) is 0. The average molecular weight is 361 g/mol. The molecule has 0 aliphatic heterocycles. The lowest BCUT2D eigenvalue weighted by Gasteiger charge is -2.40. The van der Waals surface area contributed by atoms with Crippen molar-refractivity contribution in [2.45, 2.75) is 25.5 Å². The second kappa shape index (κ2) is 13.4. The Morgan fingerprint density at radius 3 is 1.89 bits per heavy atom. The van der Waals surface area contributed by atoms with Gasteiger partial charge in [-0.25, -0.2) is 10.0 Å². The normalized spacial score (nSPS) is 14.6. The molecular formula is C14H32S5. The van der Waals surface area contributed by atoms with E-state index in [1.165, 1.54) is 46.7 Å². The first-order valence-corrected chi connectivity index (χ1v) is 13.9. The van der Waals surface area contributed by atoms with Gasteiger partial charge in [-0.05, 0) is 47.7 Å². The third-order valence-corrected chi connectivity index (χ3v) is 11.6. The highest BCUT2D eigenvalue weighted by Gasteiger charge is 2.22. The molecule has 0 aromatic carbocycles. The molecule has 0 aliphatic rings. The summed E-state index contributed by atoms with van der Waals surface area (Å²) in [6.07, 6.45) is 5.79. The Bertz CT molecular complexity index is 190. The van der Waals surface area contributed by atoms with Crippen LogP contribution in [0.2, 0.25) is 0 Å². The summed E-state index contributed by atoms with van der Waals surface area (Å²) in [7, 11) is -0.414. The molecule has 0 fully saturated rings. The Morgan fingerprint density at radius 2 is 1.47 bits per heavy atom. The Hall–Kier alpha value is 1.75. The number of hydrogen-bond donors (Lipinski definition) is 1. The maximum absolute atomic E-state index is 4.54. The van der Waals surface area contributed by atoms with Crippen molar-refractivity contribution in [2.24, 2.45) is 0 Å². The maximum atomic E-state index is 4.54. The molecule has 0 nitrogen and oxygen atoms in total. The zero-order chi connectivity index (χ0) is 14.6. The Balaban J connectivity index is 4.39. The molecule has 0 aromatic rings. The van der Waals surface area contributed by atoms with Gasteiger partial charge < -0.3 is 0 Å². The second-order valence-electron chi connectivity index (χ2n) is 4.84. The molecule has 0 radical (unpaired) electrons. The van der Waals surface area contributed by atoms with Crippen molar-refractivity contribution in [3.63, 3.8) is 0 Å². The zero-order valence-corrected chi connectivity index (χ0v) is 17.2. The van der Waals surface area contributed by atoms with E-state index in [-0.39, 0.29) is 0 Å². The highest BCUT2D eigenvalue weighted by Crippen LogP contribution is 2.49. The summed E-state index contributed by atoms with van der Waals surface area (Å²) in [5, 5.41) is 0.828. The maximum Gasteiger partial charge on any atom is 0.00163 e. The fraction of sp³-hybridized carbons (Fsp3) is 1.00. The van der Waals surface area contributed by atoms with Crippen LogP contribution in [-0.2, 0) is 0 Å². The van der Waals surface area contributed by atoms with Crippen molar-refractivity contribution < 1.29 is 0 Å². The van der Waals surface area contributed by atoms with Crippen LogP contribution in [0.1, 0.15) is 20.3 Å². The van der Waals surface area contributed by atoms with Gasteiger partial charge in [-0.15, -0.1) is 0 Å². The Labute approximate surface area is 141 Å². The minimum atomic E-state index is -0.414. The predicted octanol–water partition coefficient (Wildman–Crippen LogP) is 4.98. The van der Waals surface area contributed by atoms with E-state index < -0.39 is 10.0 Å². The van der Waals surface area contributed by atoms with Crippen LogP contribution >= 0.6 is 57.9 Å². The van der Waals surface area contributed by atoms with E-state index in [4.69, 9.17) is 0 Å². The van der Waals surface area contributed by atoms with Crippen molar-refractivity contribution >= 4 is 57.9 Å². The zero-order valence-electron chi connectivity index (χ0n) is 13.0. The summed E-state index contributed by atoms with van der Waals surface area (Å²) in [5.41, 5.74) is 0. The highest BCUT2D eigenvalue weighted by atomic mass is 32.3. The van der Waals surface area contributed by atoms with Crippen molar-refractivity contribution in [2.75, 3.05) is 58.5 Å². The molecule has 118 valence electrons. The van der Waals surface area contributed by atoms with Gasteiger partial charge in [0.25, 0.3) is 0 Å². The molecule has 0 bridgehead atoms. The molecular weight excluding hydrogens is 328 g/mol. The van der Waals surface area contributed by atoms with E-state index in [1.807, 2.05) is 23.5 Å². The molecule has 0 heterocycles. The molecule has 1 atom stereocenters. The molecule has 0 rings (SSSR count). The van der Waals surface area contributed by atoms with Crippen molar-refractivity contribution in [1.29, 1.82) is 0 Å². The molecule has 1 unspecified atom stereocenters. The largest absolute Gasteiger partial charge is 0.238 e. The van der Waals surface area contributed by atoms with Crippen LogP contribution in [-0.4, -0.2) is 63.8 Å². The Kier molecular flexibility index (Phi) is 14.7. The van der Waals surface area contributed by atoms with Crippen molar-refractivity contribution in [3.8, 4) is 0 Å². The third kappa shape index (κ3) is 10.2. The number of rotatable bonds is 13. The van der Waals surface area contributed by atoms with Crippen LogP contribution in [0.3, 0.4) is 0 Å². The standard InChI is InChI=1S/C14H32S5/c1-5-14(2)18-9-13-19(10-6-15,11-7-16-3)12-8-17-4/h14-15H,5-13H2,1-4H3. The average Bonchev–Trinajstić information content (AvgIpc) is 2.42. The van der Waals surface area contributed by atoms with Gasteiger partial charge >= 0.3 is 0 Å². The predicted molar refractivity (Wildman–Crippen MR) is 110 cm³/mol. The van der Waals surface area contributed by atoms with E-state index >= 15 is 0 Å². The van der Waals surface area contributed by atoms with E-state index in [0.717, 1.165) is 11.0 Å². The quantitative estimate of drug-likeness (QED) is 0.460. The van der Waals surface area contributed by atoms with Gasteiger partial charge in [0.15, 0.2) is 0 Å². The van der Waals surface area contributed by atoms with Gasteiger partial charge in [0.1, 0.15) is 0 Å². The van der Waals surface area contributed by atoms with Crippen LogP contribution in [0.15, 0.2) is 0 Å². The molecule has 0 spiro atoms. The summed E-state index contributed by atoms with van der Waals surface area (Å²) < 4.78 is 0. The lowest BCUT2D eigenvalue weighted by Crippen LogP contribution is -2.22. The second-order valence-corrected chi connectivity index (χ2v) is 12.9. The molecule has 0 aliphatic carbocycles. The van der Waals surface area contributed by atoms with Gasteiger partial charge in [0.05, 0.1) is 0 Å². The number of thiol groups is 1. The molecule has 19 heavy (non-hydrogen) atoms. The van der Waals surface area contributed by atoms with Crippen molar-refractivity contribution in [1.82, 2.24) is 0 Å². The van der Waals surface area contributed by atoms with Gasteiger partial charge in [-0.2, -0.15) is 47.9 Å². The summed E-state index contributed by atoms with van der Waals surface area (Å²) in [6.45, 7) is 4.66. The van der Waals surface area contributed by atoms with Crippen molar-refractivity contribution in [3.05, 3.63) is 0 Å². The molecule has 0 aromatic heterocycles. The summed E-state index contributed by atoms with van der Waals surface area (Å²) in [5.74, 6) is 10.9. The molecule has 0 saturated heterocycles. The molecule has 0 amide bonds. The molecule has 0 N–H and O–H groups in total. The van der Waals surface area contributed by atoms with Crippen LogP contribution in [0.25, 0.3) is 0 Å². The van der Waals surface area contributed by atoms with Crippen LogP contribution in [0.4, 0.5) is 0 Å². The van der Waals surface area contributed by atoms with Crippen LogP contribution < -0.4 is 0 Å². The third-order valence-electron chi connectivity index (χ3n) is 3.46. The first-order chi connectivity index (χ1) is 9.14. The van der Waals surface area contributed by atoms with E-state index in [0.29, 0.717) is 0 Å². The first-order valence-electron chi connectivity index (χ1n) is 7.08. The monoisotopic (exact) mass is 360 g/mol. The lowest BCUT2D eigenvalue weighted by atomic mass is 10.4. The van der Waals surface area contributed by atoms with Gasteiger partial charge in [0.2, 0.25) is 0 Å². The fourth-order valence-electron chi connectivity index (χ4n) is 1.87. The highest BCUT2D eigenvalue weighted by molar-refractivity contribution is 8.34. The minimum absolute atomic E-state index is 0.414. The topological polar surface area (TPSA) is 0 Å². The smallest absolute Gasteiger partial charge is 0.00163 e. The van der Waals surface area contributed by atoms with Gasteiger partial charge in [-0.3, -0.25) is 0 Å². The first kappa shape index (κ1) is 20.8. The van der Waals surface area contributed by atoms with E-state index in [2.05, 4.69) is 50.7 Å². The summed E-state index contributed by atoms with van der Waals surface area (Å²) in [6, 6.07) is 0. The van der Waals surface area contributed by atoms with Gasteiger partial charge in [0, 0.05) is 22.5 Å². The van der Waals surface area contributed by atoms with Crippen LogP contribution in [0, 0.1) is 0 Å². The Morgan fingerprint density at radius 1 is 0.947 bits per heavy atom. The van der Waals surface area contributed by atoms with E-state index in [1.54, 1.807) is 0 Å². The fourth-order valence-corrected chi connectivity index (χ4v) is 11.2. The van der Waals surface area contributed by atoms with Crippen LogP contribution in [0.5, 0.6) is 0 Å². The van der Waals surface area contributed by atoms with Gasteiger partial charge in [-0.1, -0.05) is 13.8 Å². The molecule has 5 heteroatoms. The molecule has 0 saturated carbocycles. The number of thioether (sulfide) groups is 3. The lowest BCUT2D eigenvalue weighted by molar-refractivity contribution is 0.906. The number of hydrogen-bond acceptors (Lipinski definition) is 4. The SMILES string of the molecule is CCC(C)SCCS(CCS)(CCSC)CCSC. The van der Waals surface area contributed by atoms with E-state index in [9.17, 15) is 0 Å². The minimum Gasteiger partial charge on any atom is -0.238 e.